The summed E-state index contributed by atoms with van der Waals surface area (Å²) >= 11 is 0. The minimum absolute atomic E-state index is 0.0509. The van der Waals surface area contributed by atoms with Crippen molar-refractivity contribution in [2.24, 2.45) is 5.92 Å². The molecule has 1 aliphatic carbocycles. The summed E-state index contributed by atoms with van der Waals surface area (Å²) in [6.07, 6.45) is 5.08. The van der Waals surface area contributed by atoms with Gasteiger partial charge in [0.05, 0.1) is 10.3 Å². The van der Waals surface area contributed by atoms with Crippen LogP contribution in [0.2, 0.25) is 0 Å². The van der Waals surface area contributed by atoms with Crippen LogP contribution in [0.5, 0.6) is 0 Å². The summed E-state index contributed by atoms with van der Waals surface area (Å²) in [4.78, 5) is 0. The van der Waals surface area contributed by atoms with Gasteiger partial charge in [-0.3, -0.25) is 0 Å². The van der Waals surface area contributed by atoms with Crippen molar-refractivity contribution in [3.8, 4) is 0 Å². The van der Waals surface area contributed by atoms with E-state index in [4.69, 9.17) is 4.74 Å². The normalized spacial score (nSPS) is 25.5. The van der Waals surface area contributed by atoms with Crippen molar-refractivity contribution in [3.63, 3.8) is 0 Å². The van der Waals surface area contributed by atoms with Crippen LogP contribution in [0.4, 0.5) is 5.69 Å². The summed E-state index contributed by atoms with van der Waals surface area (Å²) in [6, 6.07) is 8.13. The molecule has 1 heterocycles. The van der Waals surface area contributed by atoms with Crippen molar-refractivity contribution in [1.82, 2.24) is 4.72 Å². The molecule has 1 saturated carbocycles. The third-order valence-electron chi connectivity index (χ3n) is 6.31. The van der Waals surface area contributed by atoms with E-state index >= 15 is 0 Å². The maximum absolute atomic E-state index is 12.3. The third-order valence-corrected chi connectivity index (χ3v) is 8.57. The number of aliphatic hydroxyl groups is 1. The Kier molecular flexibility index (Phi) is 6.93. The summed E-state index contributed by atoms with van der Waals surface area (Å²) in [7, 11) is -3.28. The van der Waals surface area contributed by atoms with Crippen molar-refractivity contribution in [2.45, 2.75) is 75.7 Å². The van der Waals surface area contributed by atoms with E-state index in [2.05, 4.69) is 10.0 Å². The Labute approximate surface area is 175 Å². The molecular formula is C22H36N2O4S. The number of ether oxygens (including phenoxy) is 1. The lowest BCUT2D eigenvalue weighted by Crippen LogP contribution is -2.46. The van der Waals surface area contributed by atoms with Crippen LogP contribution in [-0.2, 0) is 20.4 Å². The lowest BCUT2D eigenvalue weighted by atomic mass is 9.86. The summed E-state index contributed by atoms with van der Waals surface area (Å²) in [5.41, 5.74) is 1.24. The molecule has 1 aromatic carbocycles. The predicted octanol–water partition coefficient (Wildman–Crippen LogP) is 3.37. The fraction of sp³-hybridized carbons (Fsp3) is 0.727. The number of hydrogen-bond donors (Lipinski definition) is 3. The smallest absolute Gasteiger partial charge is 0.216 e. The maximum atomic E-state index is 12.3. The van der Waals surface area contributed by atoms with Gasteiger partial charge in [-0.1, -0.05) is 12.1 Å². The van der Waals surface area contributed by atoms with Gasteiger partial charge in [0, 0.05) is 44.3 Å². The van der Waals surface area contributed by atoms with E-state index in [-0.39, 0.29) is 6.04 Å². The number of sulfonamides is 1. The molecule has 0 spiro atoms. The van der Waals surface area contributed by atoms with E-state index in [1.165, 1.54) is 0 Å². The average Bonchev–Trinajstić information content (AvgIpc) is 2.67. The first-order valence-electron chi connectivity index (χ1n) is 10.8. The van der Waals surface area contributed by atoms with Crippen LogP contribution >= 0.6 is 0 Å². The number of hydrogen-bond acceptors (Lipinski definition) is 5. The average molecular weight is 425 g/mol. The van der Waals surface area contributed by atoms with Gasteiger partial charge in [-0.2, -0.15) is 0 Å². The monoisotopic (exact) mass is 424 g/mol. The van der Waals surface area contributed by atoms with Gasteiger partial charge in [0.15, 0.2) is 0 Å². The van der Waals surface area contributed by atoms with E-state index in [0.717, 1.165) is 43.5 Å². The van der Waals surface area contributed by atoms with E-state index < -0.39 is 20.4 Å². The molecule has 0 atom stereocenters. The molecule has 0 aromatic heterocycles. The molecule has 3 rings (SSSR count). The Bertz CT molecular complexity index is 757. The minimum atomic E-state index is -3.28. The van der Waals surface area contributed by atoms with Gasteiger partial charge in [-0.15, -0.1) is 0 Å². The number of benzene rings is 1. The van der Waals surface area contributed by atoms with Crippen molar-refractivity contribution in [1.29, 1.82) is 0 Å². The molecule has 0 radical (unpaired) electrons. The molecule has 6 nitrogen and oxygen atoms in total. The highest BCUT2D eigenvalue weighted by atomic mass is 32.2. The molecule has 7 heteroatoms. The third kappa shape index (κ3) is 5.72. The van der Waals surface area contributed by atoms with Crippen LogP contribution in [0.15, 0.2) is 24.3 Å². The summed E-state index contributed by atoms with van der Waals surface area (Å²) in [6.45, 7) is 7.29. The van der Waals surface area contributed by atoms with Gasteiger partial charge in [0.2, 0.25) is 10.0 Å². The summed E-state index contributed by atoms with van der Waals surface area (Å²) in [5.74, 6) is 0.546. The molecule has 3 N–H and O–H groups in total. The van der Waals surface area contributed by atoms with Crippen LogP contribution in [0.25, 0.3) is 0 Å². The van der Waals surface area contributed by atoms with E-state index in [1.54, 1.807) is 20.8 Å². The quantitative estimate of drug-likeness (QED) is 0.652. The Morgan fingerprint density at radius 2 is 1.66 bits per heavy atom. The van der Waals surface area contributed by atoms with E-state index in [9.17, 15) is 13.5 Å². The highest BCUT2D eigenvalue weighted by molar-refractivity contribution is 7.90. The van der Waals surface area contributed by atoms with Crippen LogP contribution < -0.4 is 10.0 Å². The first-order valence-corrected chi connectivity index (χ1v) is 12.2. The van der Waals surface area contributed by atoms with Gasteiger partial charge in [-0.25, -0.2) is 13.1 Å². The fourth-order valence-electron chi connectivity index (χ4n) is 4.04. The molecule has 0 bridgehead atoms. The Balaban J connectivity index is 1.45. The number of anilines is 1. The molecule has 0 unspecified atom stereocenters. The fourth-order valence-corrected chi connectivity index (χ4v) is 5.07. The minimum Gasteiger partial charge on any atom is -0.385 e. The first-order chi connectivity index (χ1) is 13.6. The zero-order valence-electron chi connectivity index (χ0n) is 17.9. The summed E-state index contributed by atoms with van der Waals surface area (Å²) in [5, 5.41) is 14.3. The lowest BCUT2D eigenvalue weighted by molar-refractivity contribution is -0.0679. The molecule has 29 heavy (non-hydrogen) atoms. The van der Waals surface area contributed by atoms with Crippen LogP contribution in [0.3, 0.4) is 0 Å². The molecule has 2 fully saturated rings. The summed E-state index contributed by atoms with van der Waals surface area (Å²) < 4.78 is 32.1. The largest absolute Gasteiger partial charge is 0.385 e. The van der Waals surface area contributed by atoms with Gasteiger partial charge in [0.1, 0.15) is 0 Å². The van der Waals surface area contributed by atoms with Crippen LogP contribution in [-0.4, -0.2) is 44.1 Å². The second-order valence-electron chi connectivity index (χ2n) is 9.55. The molecule has 0 amide bonds. The molecule has 1 aromatic rings. The van der Waals surface area contributed by atoms with Crippen LogP contribution in [0, 0.1) is 5.92 Å². The molecule has 164 valence electrons. The van der Waals surface area contributed by atoms with E-state index in [1.807, 2.05) is 24.3 Å². The van der Waals surface area contributed by atoms with Crippen molar-refractivity contribution >= 4 is 15.7 Å². The number of rotatable bonds is 6. The Hall–Kier alpha value is -1.15. The SMILES string of the molecule is CC(C)(C)S(=O)(=O)N[C@H]1CC[C@H](CNc2ccc(C3(O)CCOCC3)cc2)CC1. The second kappa shape index (κ2) is 8.92. The predicted molar refractivity (Wildman–Crippen MR) is 116 cm³/mol. The maximum Gasteiger partial charge on any atom is 0.216 e. The zero-order valence-corrected chi connectivity index (χ0v) is 18.7. The Morgan fingerprint density at radius 3 is 2.21 bits per heavy atom. The van der Waals surface area contributed by atoms with Crippen molar-refractivity contribution in [2.75, 3.05) is 25.1 Å². The topological polar surface area (TPSA) is 87.7 Å². The van der Waals surface area contributed by atoms with Crippen molar-refractivity contribution < 1.29 is 18.3 Å². The standard InChI is InChI=1S/C22H36N2O4S/c1-21(2,3)29(26,27)24-20-8-4-17(5-9-20)16-23-19-10-6-18(7-11-19)22(25)12-14-28-15-13-22/h6-7,10-11,17,20,23-25H,4-5,8-9,12-16H2,1-3H3/t17-,20-. The molecular weight excluding hydrogens is 388 g/mol. The van der Waals surface area contributed by atoms with E-state index in [0.29, 0.717) is 32.0 Å². The second-order valence-corrected chi connectivity index (χ2v) is 12.0. The van der Waals surface area contributed by atoms with Gasteiger partial charge >= 0.3 is 0 Å². The first kappa shape index (κ1) is 22.5. The highest BCUT2D eigenvalue weighted by Crippen LogP contribution is 2.32. The lowest BCUT2D eigenvalue weighted by Gasteiger charge is -2.33. The van der Waals surface area contributed by atoms with Gasteiger partial charge in [-0.05, 0) is 70.1 Å². The van der Waals surface area contributed by atoms with Crippen molar-refractivity contribution in [3.05, 3.63) is 29.8 Å². The molecule has 1 saturated heterocycles. The highest BCUT2D eigenvalue weighted by Gasteiger charge is 2.33. The van der Waals surface area contributed by atoms with Gasteiger partial charge in [0.25, 0.3) is 0 Å². The Morgan fingerprint density at radius 1 is 1.07 bits per heavy atom. The molecule has 2 aliphatic rings. The van der Waals surface area contributed by atoms with Gasteiger partial charge < -0.3 is 15.2 Å². The molecule has 1 aliphatic heterocycles. The van der Waals surface area contributed by atoms with Crippen LogP contribution in [0.1, 0.15) is 64.9 Å². The number of nitrogens with one attached hydrogen (secondary N) is 2. The zero-order chi connectivity index (χ0) is 21.1.